The first-order valence-corrected chi connectivity index (χ1v) is 4.38. The number of nitro benzene ring substituents is 1. The Balaban J connectivity index is 3.14. The van der Waals surface area contributed by atoms with Gasteiger partial charge in [-0.15, -0.1) is 0 Å². The van der Waals surface area contributed by atoms with Crippen molar-refractivity contribution < 1.29 is 14.0 Å². The van der Waals surface area contributed by atoms with Crippen molar-refractivity contribution in [1.29, 1.82) is 0 Å². The Hall–Kier alpha value is -1.96. The van der Waals surface area contributed by atoms with Crippen LogP contribution in [0.3, 0.4) is 0 Å². The number of nitrogens with zero attached hydrogens (tertiary/aromatic N) is 2. The first-order chi connectivity index (χ1) is 7.04. The summed E-state index contributed by atoms with van der Waals surface area (Å²) in [5.74, 6) is 0. The molecule has 0 amide bonds. The van der Waals surface area contributed by atoms with E-state index in [1.54, 1.807) is 0 Å². The van der Waals surface area contributed by atoms with Gasteiger partial charge in [0.05, 0.1) is 9.82 Å². The zero-order valence-electron chi connectivity index (χ0n) is 7.15. The van der Waals surface area contributed by atoms with Crippen LogP contribution in [0.2, 0.25) is 0 Å². The number of carbonyl (C=O) groups excluding carboxylic acids is 1. The second kappa shape index (κ2) is 4.51. The number of nitro groups is 2. The van der Waals surface area contributed by atoms with Crippen LogP contribution in [0.1, 0.15) is 10.4 Å². The van der Waals surface area contributed by atoms with Gasteiger partial charge in [-0.2, -0.15) is 0 Å². The minimum Gasteiger partial charge on any atom is -0.298 e. The molecular formula is C7H4N2O5S. The summed E-state index contributed by atoms with van der Waals surface area (Å²) in [7, 11) is 0. The fourth-order valence-electron chi connectivity index (χ4n) is 0.905. The Labute approximate surface area is 87.5 Å². The number of hydrogen-bond acceptors (Lipinski definition) is 6. The van der Waals surface area contributed by atoms with E-state index in [-0.39, 0.29) is 28.1 Å². The van der Waals surface area contributed by atoms with Crippen LogP contribution < -0.4 is 0 Å². The van der Waals surface area contributed by atoms with Crippen molar-refractivity contribution in [3.05, 3.63) is 44.0 Å². The highest BCUT2D eigenvalue weighted by molar-refractivity contribution is 7.93. The van der Waals surface area contributed by atoms with Gasteiger partial charge < -0.3 is 0 Å². The van der Waals surface area contributed by atoms with Gasteiger partial charge >= 0.3 is 0 Å². The van der Waals surface area contributed by atoms with Crippen LogP contribution in [0.4, 0.5) is 5.69 Å². The van der Waals surface area contributed by atoms with E-state index in [2.05, 4.69) is 0 Å². The molecule has 0 atom stereocenters. The van der Waals surface area contributed by atoms with Crippen LogP contribution in [0, 0.1) is 20.2 Å². The number of carbonyl (C=O) groups is 1. The first-order valence-electron chi connectivity index (χ1n) is 3.60. The highest BCUT2D eigenvalue weighted by atomic mass is 32.2. The maximum Gasteiger partial charge on any atom is 0.270 e. The second-order valence-electron chi connectivity index (χ2n) is 2.41. The number of rotatable bonds is 4. The summed E-state index contributed by atoms with van der Waals surface area (Å²) in [4.78, 5) is 30.5. The van der Waals surface area contributed by atoms with Crippen molar-refractivity contribution in [2.45, 2.75) is 4.90 Å². The van der Waals surface area contributed by atoms with Gasteiger partial charge in [-0.1, -0.05) is 0 Å². The smallest absolute Gasteiger partial charge is 0.270 e. The van der Waals surface area contributed by atoms with E-state index < -0.39 is 9.25 Å². The summed E-state index contributed by atoms with van der Waals surface area (Å²) in [5.41, 5.74) is -0.337. The average Bonchev–Trinajstić information content (AvgIpc) is 2.17. The van der Waals surface area contributed by atoms with Gasteiger partial charge in [0, 0.05) is 17.7 Å². The molecule has 78 valence electrons. The molecule has 1 aromatic rings. The van der Waals surface area contributed by atoms with Gasteiger partial charge in [0.25, 0.3) is 17.6 Å². The summed E-state index contributed by atoms with van der Waals surface area (Å²) >= 11 is 0.238. The van der Waals surface area contributed by atoms with Gasteiger partial charge in [0.15, 0.2) is 6.29 Å². The van der Waals surface area contributed by atoms with Crippen molar-refractivity contribution >= 4 is 23.9 Å². The third kappa shape index (κ3) is 2.74. The van der Waals surface area contributed by atoms with Crippen molar-refractivity contribution in [3.8, 4) is 0 Å². The first kappa shape index (κ1) is 11.1. The number of aldehydes is 1. The fraction of sp³-hybridized carbons (Fsp3) is 0. The fourth-order valence-corrected chi connectivity index (χ4v) is 1.41. The van der Waals surface area contributed by atoms with E-state index in [9.17, 15) is 25.0 Å². The third-order valence-electron chi connectivity index (χ3n) is 1.50. The monoisotopic (exact) mass is 228 g/mol. The second-order valence-corrected chi connectivity index (χ2v) is 3.33. The molecule has 0 aromatic heterocycles. The van der Waals surface area contributed by atoms with Crippen molar-refractivity contribution in [3.63, 3.8) is 0 Å². The Bertz CT molecular complexity index is 433. The molecule has 1 aromatic carbocycles. The Morgan fingerprint density at radius 3 is 2.40 bits per heavy atom. The predicted octanol–water partition coefficient (Wildman–Crippen LogP) is 1.69. The van der Waals surface area contributed by atoms with E-state index >= 15 is 0 Å². The van der Waals surface area contributed by atoms with Gasteiger partial charge in [0.2, 0.25) is 0 Å². The zero-order chi connectivity index (χ0) is 11.4. The molecule has 15 heavy (non-hydrogen) atoms. The van der Waals surface area contributed by atoms with Crippen LogP contribution in [0.15, 0.2) is 23.1 Å². The molecule has 0 bridgehead atoms. The third-order valence-corrected chi connectivity index (χ3v) is 2.22. The van der Waals surface area contributed by atoms with E-state index in [0.29, 0.717) is 6.29 Å². The molecule has 0 aliphatic carbocycles. The van der Waals surface area contributed by atoms with E-state index in [1.807, 2.05) is 0 Å². The van der Waals surface area contributed by atoms with E-state index in [4.69, 9.17) is 0 Å². The van der Waals surface area contributed by atoms with Crippen molar-refractivity contribution in [1.82, 2.24) is 0 Å². The molecule has 0 aliphatic rings. The van der Waals surface area contributed by atoms with Gasteiger partial charge in [-0.3, -0.25) is 25.0 Å². The SMILES string of the molecule is O=Cc1cc([N+](=O)[O-])ccc1S[N+](=O)[O-]. The molecule has 0 fully saturated rings. The maximum atomic E-state index is 10.5. The van der Waals surface area contributed by atoms with Gasteiger partial charge in [-0.25, -0.2) is 0 Å². The molecule has 8 heteroatoms. The minimum absolute atomic E-state index is 0.0640. The Kier molecular flexibility index (Phi) is 3.34. The topological polar surface area (TPSA) is 103 Å². The van der Waals surface area contributed by atoms with Crippen LogP contribution in [0.25, 0.3) is 0 Å². The largest absolute Gasteiger partial charge is 0.298 e. The molecule has 0 radical (unpaired) electrons. The molecule has 0 saturated carbocycles. The molecule has 0 N–H and O–H groups in total. The number of benzene rings is 1. The lowest BCUT2D eigenvalue weighted by Gasteiger charge is -1.96. The lowest BCUT2D eigenvalue weighted by atomic mass is 10.2. The molecule has 1 rings (SSSR count). The lowest BCUT2D eigenvalue weighted by Crippen LogP contribution is -1.93. The Morgan fingerprint density at radius 1 is 1.27 bits per heavy atom. The quantitative estimate of drug-likeness (QED) is 0.336. The van der Waals surface area contributed by atoms with Crippen LogP contribution in [-0.4, -0.2) is 15.5 Å². The summed E-state index contributed by atoms with van der Waals surface area (Å²) in [6, 6.07) is 3.28. The molecule has 7 nitrogen and oxygen atoms in total. The molecule has 0 heterocycles. The number of non-ortho nitro benzene ring substituents is 1. The maximum absolute atomic E-state index is 10.5. The van der Waals surface area contributed by atoms with Crippen LogP contribution in [-0.2, 0) is 0 Å². The molecule has 0 saturated heterocycles. The highest BCUT2D eigenvalue weighted by Crippen LogP contribution is 2.25. The van der Waals surface area contributed by atoms with Crippen LogP contribution >= 0.6 is 11.9 Å². The van der Waals surface area contributed by atoms with Gasteiger partial charge in [-0.05, 0) is 6.07 Å². The number of hydrogen-bond donors (Lipinski definition) is 0. The predicted molar refractivity (Wildman–Crippen MR) is 51.3 cm³/mol. The van der Waals surface area contributed by atoms with Crippen molar-refractivity contribution in [2.75, 3.05) is 0 Å². The molecule has 0 spiro atoms. The summed E-state index contributed by atoms with van der Waals surface area (Å²) in [6.45, 7) is 0. The molecule has 0 unspecified atom stereocenters. The Morgan fingerprint density at radius 2 is 1.93 bits per heavy atom. The molecular weight excluding hydrogens is 224 g/mol. The zero-order valence-corrected chi connectivity index (χ0v) is 7.97. The highest BCUT2D eigenvalue weighted by Gasteiger charge is 2.15. The normalized spacial score (nSPS) is 9.60. The standard InChI is InChI=1S/C7H4N2O5S/c10-4-5-3-6(8(11)12)1-2-7(5)15-9(13)14/h1-4H. The van der Waals surface area contributed by atoms with Crippen LogP contribution in [0.5, 0.6) is 0 Å². The van der Waals surface area contributed by atoms with E-state index in [0.717, 1.165) is 12.1 Å². The summed E-state index contributed by atoms with van der Waals surface area (Å²) in [5, 5.41) is 20.5. The van der Waals surface area contributed by atoms with Crippen molar-refractivity contribution in [2.24, 2.45) is 0 Å². The summed E-state index contributed by atoms with van der Waals surface area (Å²) in [6.07, 6.45) is 0.346. The molecule has 0 aliphatic heterocycles. The van der Waals surface area contributed by atoms with E-state index in [1.165, 1.54) is 6.07 Å². The summed E-state index contributed by atoms with van der Waals surface area (Å²) < 4.78 is -0.686. The minimum atomic E-state index is -0.686. The van der Waals surface area contributed by atoms with Gasteiger partial charge in [0.1, 0.15) is 4.33 Å². The average molecular weight is 228 g/mol. The lowest BCUT2D eigenvalue weighted by molar-refractivity contribution is -0.384.